The van der Waals surface area contributed by atoms with Gasteiger partial charge in [-0.3, -0.25) is 4.79 Å². The minimum Gasteiger partial charge on any atom is -0.324 e. The van der Waals surface area contributed by atoms with Gasteiger partial charge in [0.15, 0.2) is 5.78 Å². The molecule has 0 saturated carbocycles. The molecule has 0 atom stereocenters. The number of rotatable bonds is 2. The van der Waals surface area contributed by atoms with E-state index >= 15 is 0 Å². The second-order valence-corrected chi connectivity index (χ2v) is 3.15. The first-order chi connectivity index (χ1) is 6.74. The monoisotopic (exact) mass is 189 g/mol. The Hall–Kier alpha value is -1.68. The van der Waals surface area contributed by atoms with Crippen LogP contribution in [0.15, 0.2) is 24.4 Å². The highest BCUT2D eigenvalue weighted by atomic mass is 16.1. The molecule has 0 aliphatic carbocycles. The van der Waals surface area contributed by atoms with Crippen LogP contribution in [0.25, 0.3) is 5.52 Å². The van der Waals surface area contributed by atoms with E-state index in [1.54, 1.807) is 10.7 Å². The molecule has 0 aromatic carbocycles. The molecule has 0 aliphatic heterocycles. The van der Waals surface area contributed by atoms with Crippen molar-refractivity contribution < 1.29 is 4.79 Å². The van der Waals surface area contributed by atoms with Crippen LogP contribution in [-0.2, 0) is 0 Å². The van der Waals surface area contributed by atoms with Gasteiger partial charge in [0.25, 0.3) is 0 Å². The van der Waals surface area contributed by atoms with E-state index in [0.29, 0.717) is 5.56 Å². The molecule has 0 aliphatic rings. The van der Waals surface area contributed by atoms with Crippen molar-refractivity contribution in [2.45, 2.75) is 6.92 Å². The summed E-state index contributed by atoms with van der Waals surface area (Å²) >= 11 is 0. The summed E-state index contributed by atoms with van der Waals surface area (Å²) in [6.45, 7) is 1.96. The molecule has 0 radical (unpaired) electrons. The van der Waals surface area contributed by atoms with Crippen molar-refractivity contribution in [3.8, 4) is 0 Å². The summed E-state index contributed by atoms with van der Waals surface area (Å²) in [5.41, 5.74) is 7.72. The first kappa shape index (κ1) is 8.90. The third-order valence-corrected chi connectivity index (χ3v) is 2.22. The van der Waals surface area contributed by atoms with E-state index in [1.807, 2.05) is 25.1 Å². The van der Waals surface area contributed by atoms with Gasteiger partial charge >= 0.3 is 0 Å². The van der Waals surface area contributed by atoms with Crippen molar-refractivity contribution in [2.75, 3.05) is 6.54 Å². The van der Waals surface area contributed by atoms with Crippen molar-refractivity contribution in [1.29, 1.82) is 0 Å². The molecule has 2 heterocycles. The molecule has 2 N–H and O–H groups in total. The zero-order chi connectivity index (χ0) is 10.1. The molecule has 14 heavy (non-hydrogen) atoms. The number of fused-ring (bicyclic) bond motifs is 1. The summed E-state index contributed by atoms with van der Waals surface area (Å²) < 4.78 is 1.74. The number of carbonyl (C=O) groups is 1. The van der Waals surface area contributed by atoms with Gasteiger partial charge in [0.1, 0.15) is 0 Å². The van der Waals surface area contributed by atoms with Crippen LogP contribution in [0.3, 0.4) is 0 Å². The third kappa shape index (κ3) is 1.20. The van der Waals surface area contributed by atoms with E-state index in [1.165, 1.54) is 0 Å². The molecule has 0 amide bonds. The van der Waals surface area contributed by atoms with Crippen LogP contribution in [0.5, 0.6) is 0 Å². The fourth-order valence-electron chi connectivity index (χ4n) is 1.47. The van der Waals surface area contributed by atoms with Crippen LogP contribution < -0.4 is 5.73 Å². The Morgan fingerprint density at radius 3 is 3.07 bits per heavy atom. The van der Waals surface area contributed by atoms with Crippen LogP contribution in [0.4, 0.5) is 0 Å². The maximum Gasteiger partial charge on any atom is 0.180 e. The van der Waals surface area contributed by atoms with Crippen LogP contribution in [0.2, 0.25) is 0 Å². The van der Waals surface area contributed by atoms with Crippen molar-refractivity contribution in [1.82, 2.24) is 9.61 Å². The highest BCUT2D eigenvalue weighted by Gasteiger charge is 2.10. The highest BCUT2D eigenvalue weighted by molar-refractivity contribution is 6.03. The Labute approximate surface area is 81.3 Å². The van der Waals surface area contributed by atoms with Gasteiger partial charge in [-0.1, -0.05) is 6.07 Å². The minimum absolute atomic E-state index is 0.0231. The molecule has 4 nitrogen and oxygen atoms in total. The molecule has 4 heteroatoms. The number of Topliss-reactive ketones (excluding diaryl/α,β-unsaturated/α-hetero) is 1. The lowest BCUT2D eigenvalue weighted by atomic mass is 10.2. The summed E-state index contributed by atoms with van der Waals surface area (Å²) in [6, 6.07) is 5.71. The van der Waals surface area contributed by atoms with Crippen molar-refractivity contribution in [3.63, 3.8) is 0 Å². The largest absolute Gasteiger partial charge is 0.324 e. The average Bonchev–Trinajstić information content (AvgIpc) is 2.62. The molecule has 72 valence electrons. The van der Waals surface area contributed by atoms with Gasteiger partial charge in [-0.25, -0.2) is 4.52 Å². The molecule has 2 rings (SSSR count). The van der Waals surface area contributed by atoms with Gasteiger partial charge in [-0.15, -0.1) is 0 Å². The number of aromatic nitrogens is 2. The predicted molar refractivity (Wildman–Crippen MR) is 53.3 cm³/mol. The number of pyridine rings is 1. The molecular weight excluding hydrogens is 178 g/mol. The predicted octanol–water partition coefficient (Wildman–Crippen LogP) is 0.784. The molecule has 0 fully saturated rings. The van der Waals surface area contributed by atoms with E-state index in [4.69, 9.17) is 5.73 Å². The van der Waals surface area contributed by atoms with E-state index in [2.05, 4.69) is 5.10 Å². The smallest absolute Gasteiger partial charge is 0.180 e. The van der Waals surface area contributed by atoms with E-state index in [0.717, 1.165) is 11.2 Å². The topological polar surface area (TPSA) is 60.4 Å². The second kappa shape index (κ2) is 3.23. The van der Waals surface area contributed by atoms with E-state index < -0.39 is 0 Å². The molecule has 0 spiro atoms. The molecular formula is C10H11N3O. The maximum absolute atomic E-state index is 11.4. The zero-order valence-electron chi connectivity index (χ0n) is 7.90. The quantitative estimate of drug-likeness (QED) is 0.710. The number of ketones is 1. The Bertz CT molecular complexity index is 487. The fourth-order valence-corrected chi connectivity index (χ4v) is 1.47. The Morgan fingerprint density at radius 2 is 2.36 bits per heavy atom. The molecule has 2 aromatic rings. The fraction of sp³-hybridized carbons (Fsp3) is 0.200. The van der Waals surface area contributed by atoms with Gasteiger partial charge in [-0.05, 0) is 19.1 Å². The van der Waals surface area contributed by atoms with Crippen LogP contribution in [-0.4, -0.2) is 21.9 Å². The SMILES string of the molecule is Cc1cccc2c(C(=O)CN)cnn12. The summed E-state index contributed by atoms with van der Waals surface area (Å²) in [7, 11) is 0. The Morgan fingerprint density at radius 1 is 1.57 bits per heavy atom. The first-order valence-corrected chi connectivity index (χ1v) is 4.40. The first-order valence-electron chi connectivity index (χ1n) is 4.40. The Kier molecular flexibility index (Phi) is 2.05. The summed E-state index contributed by atoms with van der Waals surface area (Å²) in [4.78, 5) is 11.4. The lowest BCUT2D eigenvalue weighted by Crippen LogP contribution is -2.13. The Balaban J connectivity index is 2.70. The maximum atomic E-state index is 11.4. The van der Waals surface area contributed by atoms with Crippen molar-refractivity contribution >= 4 is 11.3 Å². The number of aryl methyl sites for hydroxylation is 1. The molecule has 0 bridgehead atoms. The zero-order valence-corrected chi connectivity index (χ0v) is 7.90. The van der Waals surface area contributed by atoms with Gasteiger partial charge in [0.05, 0.1) is 23.8 Å². The third-order valence-electron chi connectivity index (χ3n) is 2.22. The van der Waals surface area contributed by atoms with Crippen LogP contribution >= 0.6 is 0 Å². The van der Waals surface area contributed by atoms with Gasteiger partial charge < -0.3 is 5.73 Å². The van der Waals surface area contributed by atoms with E-state index in [9.17, 15) is 4.79 Å². The summed E-state index contributed by atoms with van der Waals surface area (Å²) in [6.07, 6.45) is 1.57. The number of nitrogens with two attached hydrogens (primary N) is 1. The second-order valence-electron chi connectivity index (χ2n) is 3.15. The average molecular weight is 189 g/mol. The summed E-state index contributed by atoms with van der Waals surface area (Å²) in [5, 5.41) is 4.13. The molecule has 0 unspecified atom stereocenters. The highest BCUT2D eigenvalue weighted by Crippen LogP contribution is 2.12. The standard InChI is InChI=1S/C10H11N3O/c1-7-3-2-4-9-8(10(14)5-11)6-12-13(7)9/h2-4,6H,5,11H2,1H3. The number of hydrogen-bond donors (Lipinski definition) is 1. The van der Waals surface area contributed by atoms with Crippen molar-refractivity contribution in [3.05, 3.63) is 35.7 Å². The lowest BCUT2D eigenvalue weighted by molar-refractivity contribution is 0.100. The lowest BCUT2D eigenvalue weighted by Gasteiger charge is -1.98. The van der Waals surface area contributed by atoms with E-state index in [-0.39, 0.29) is 12.3 Å². The van der Waals surface area contributed by atoms with Gasteiger partial charge in [-0.2, -0.15) is 5.10 Å². The summed E-state index contributed by atoms with van der Waals surface area (Å²) in [5.74, 6) is -0.0781. The van der Waals surface area contributed by atoms with Gasteiger partial charge in [0, 0.05) is 5.69 Å². The van der Waals surface area contributed by atoms with Crippen LogP contribution in [0, 0.1) is 6.92 Å². The van der Waals surface area contributed by atoms with Gasteiger partial charge in [0.2, 0.25) is 0 Å². The minimum atomic E-state index is -0.0781. The number of nitrogens with zero attached hydrogens (tertiary/aromatic N) is 2. The van der Waals surface area contributed by atoms with Crippen molar-refractivity contribution in [2.24, 2.45) is 5.73 Å². The van der Waals surface area contributed by atoms with Crippen LogP contribution in [0.1, 0.15) is 16.1 Å². The molecule has 0 saturated heterocycles. The number of carbonyl (C=O) groups excluding carboxylic acids is 1. The molecule has 2 aromatic heterocycles. The number of hydrogen-bond acceptors (Lipinski definition) is 3. The normalized spacial score (nSPS) is 10.7.